The quantitative estimate of drug-likeness (QED) is 0.690. The number of carbonyl (C=O) groups excluding carboxylic acids is 1. The molecule has 0 aliphatic carbocycles. The van der Waals surface area contributed by atoms with Gasteiger partial charge < -0.3 is 14.6 Å². The molecule has 154 valence electrons. The molecule has 3 rings (SSSR count). The first-order valence-electron chi connectivity index (χ1n) is 9.07. The number of pyridine rings is 1. The maximum absolute atomic E-state index is 12.8. The third-order valence-electron chi connectivity index (χ3n) is 4.80. The molecule has 5 nitrogen and oxygen atoms in total. The Morgan fingerprint density at radius 2 is 2.00 bits per heavy atom. The number of amides is 1. The van der Waals surface area contributed by atoms with Gasteiger partial charge in [-0.3, -0.25) is 4.79 Å². The summed E-state index contributed by atoms with van der Waals surface area (Å²) in [6.45, 7) is 3.25. The number of nitrogens with zero attached hydrogens (tertiary/aromatic N) is 2. The van der Waals surface area contributed by atoms with Crippen molar-refractivity contribution in [2.24, 2.45) is 7.05 Å². The van der Waals surface area contributed by atoms with Crippen molar-refractivity contribution >= 4 is 16.8 Å². The third kappa shape index (κ3) is 4.36. The molecule has 8 heteroatoms. The van der Waals surface area contributed by atoms with E-state index in [1.54, 1.807) is 7.11 Å². The largest absolute Gasteiger partial charge is 0.497 e. The first kappa shape index (κ1) is 20.7. The second-order valence-corrected chi connectivity index (χ2v) is 7.05. The van der Waals surface area contributed by atoms with Crippen molar-refractivity contribution in [3.05, 3.63) is 59.0 Å². The number of carbonyl (C=O) groups is 1. The number of hydrogen-bond donors (Lipinski definition) is 1. The Kier molecular flexibility index (Phi) is 5.55. The molecule has 1 unspecified atom stereocenters. The predicted molar refractivity (Wildman–Crippen MR) is 104 cm³/mol. The first-order valence-corrected chi connectivity index (χ1v) is 9.07. The van der Waals surface area contributed by atoms with Crippen LogP contribution in [0.25, 0.3) is 10.9 Å². The fourth-order valence-corrected chi connectivity index (χ4v) is 3.38. The van der Waals surface area contributed by atoms with Crippen LogP contribution < -0.4 is 10.1 Å². The van der Waals surface area contributed by atoms with Crippen LogP contribution in [-0.2, 0) is 19.6 Å². The normalized spacial score (nSPS) is 12.8. The number of hydrogen-bond acceptors (Lipinski definition) is 3. The highest BCUT2D eigenvalue weighted by molar-refractivity contribution is 5.95. The van der Waals surface area contributed by atoms with E-state index >= 15 is 0 Å². The molecule has 0 saturated heterocycles. The summed E-state index contributed by atoms with van der Waals surface area (Å²) in [6.07, 6.45) is -1.98. The van der Waals surface area contributed by atoms with Gasteiger partial charge in [-0.1, -0.05) is 0 Å². The summed E-state index contributed by atoms with van der Waals surface area (Å²) in [4.78, 5) is 16.1. The summed E-state index contributed by atoms with van der Waals surface area (Å²) in [6, 6.07) is 7.56. The minimum atomic E-state index is -4.54. The molecule has 0 aliphatic rings. The van der Waals surface area contributed by atoms with Crippen LogP contribution >= 0.6 is 0 Å². The Morgan fingerprint density at radius 1 is 1.28 bits per heavy atom. The van der Waals surface area contributed by atoms with Crippen LogP contribution in [0.1, 0.15) is 34.2 Å². The molecule has 0 saturated carbocycles. The SMILES string of the molecule is COc1ccc2c(c1)c(CC(C)NC(=O)c1ccc(C(F)(F)F)nc1C)cn2C. The zero-order valence-corrected chi connectivity index (χ0v) is 16.6. The lowest BCUT2D eigenvalue weighted by molar-refractivity contribution is -0.141. The maximum Gasteiger partial charge on any atom is 0.433 e. The smallest absolute Gasteiger partial charge is 0.433 e. The number of benzene rings is 1. The number of ether oxygens (including phenoxy) is 1. The van der Waals surface area contributed by atoms with E-state index in [2.05, 4.69) is 10.3 Å². The number of methoxy groups -OCH3 is 1. The van der Waals surface area contributed by atoms with Crippen LogP contribution in [0.4, 0.5) is 13.2 Å². The molecule has 2 aromatic heterocycles. The molecule has 1 N–H and O–H groups in total. The van der Waals surface area contributed by atoms with Crippen molar-refractivity contribution in [2.75, 3.05) is 7.11 Å². The van der Waals surface area contributed by atoms with Crippen molar-refractivity contribution < 1.29 is 22.7 Å². The minimum absolute atomic E-state index is 0.0411. The molecule has 0 bridgehead atoms. The number of aromatic nitrogens is 2. The molecule has 3 aromatic rings. The number of rotatable bonds is 5. The molecular formula is C21H22F3N3O2. The zero-order valence-electron chi connectivity index (χ0n) is 16.6. The highest BCUT2D eigenvalue weighted by Crippen LogP contribution is 2.28. The fourth-order valence-electron chi connectivity index (χ4n) is 3.38. The third-order valence-corrected chi connectivity index (χ3v) is 4.80. The summed E-state index contributed by atoms with van der Waals surface area (Å²) < 4.78 is 45.6. The Morgan fingerprint density at radius 3 is 2.62 bits per heavy atom. The molecule has 1 atom stereocenters. The highest BCUT2D eigenvalue weighted by Gasteiger charge is 2.33. The molecule has 0 radical (unpaired) electrons. The van der Waals surface area contributed by atoms with Crippen LogP contribution in [0.3, 0.4) is 0 Å². The van der Waals surface area contributed by atoms with Crippen LogP contribution in [-0.4, -0.2) is 28.6 Å². The van der Waals surface area contributed by atoms with Crippen LogP contribution in [0.15, 0.2) is 36.5 Å². The molecule has 0 aliphatic heterocycles. The van der Waals surface area contributed by atoms with E-state index in [1.165, 1.54) is 6.92 Å². The van der Waals surface area contributed by atoms with Crippen molar-refractivity contribution in [3.63, 3.8) is 0 Å². The highest BCUT2D eigenvalue weighted by atomic mass is 19.4. The monoisotopic (exact) mass is 405 g/mol. The Labute approximate surface area is 166 Å². The summed E-state index contributed by atoms with van der Waals surface area (Å²) >= 11 is 0. The average molecular weight is 405 g/mol. The van der Waals surface area contributed by atoms with Crippen LogP contribution in [0.2, 0.25) is 0 Å². The van der Waals surface area contributed by atoms with Gasteiger partial charge in [-0.2, -0.15) is 13.2 Å². The fraction of sp³-hybridized carbons (Fsp3) is 0.333. The van der Waals surface area contributed by atoms with Crippen LogP contribution in [0, 0.1) is 6.92 Å². The minimum Gasteiger partial charge on any atom is -0.497 e. The number of halogens is 3. The first-order chi connectivity index (χ1) is 13.6. The molecule has 0 spiro atoms. The summed E-state index contributed by atoms with van der Waals surface area (Å²) in [5.74, 6) is 0.294. The van der Waals surface area contributed by atoms with E-state index in [-0.39, 0.29) is 17.3 Å². The van der Waals surface area contributed by atoms with E-state index in [9.17, 15) is 18.0 Å². The summed E-state index contributed by atoms with van der Waals surface area (Å²) in [7, 11) is 3.55. The van der Waals surface area contributed by atoms with Gasteiger partial charge in [0.1, 0.15) is 11.4 Å². The molecular weight excluding hydrogens is 383 g/mol. The summed E-state index contributed by atoms with van der Waals surface area (Å²) in [5, 5.41) is 3.87. The van der Waals surface area contributed by atoms with Gasteiger partial charge in [0, 0.05) is 30.2 Å². The molecule has 1 aromatic carbocycles. The number of alkyl halides is 3. The maximum atomic E-state index is 12.8. The standard InChI is InChI=1S/C21H22F3N3O2/c1-12(9-14-11-27(3)18-7-5-15(29-4)10-17(14)18)25-20(28)16-6-8-19(21(22,23)24)26-13(16)2/h5-8,10-12H,9H2,1-4H3,(H,25,28). The second-order valence-electron chi connectivity index (χ2n) is 7.05. The van der Waals surface area contributed by atoms with E-state index < -0.39 is 17.8 Å². The Balaban J connectivity index is 1.77. The van der Waals surface area contributed by atoms with Gasteiger partial charge in [-0.15, -0.1) is 0 Å². The van der Waals surface area contributed by atoms with Gasteiger partial charge in [-0.05, 0) is 56.2 Å². The second kappa shape index (κ2) is 7.77. The number of aryl methyl sites for hydroxylation is 2. The molecule has 1 amide bonds. The van der Waals surface area contributed by atoms with Crippen molar-refractivity contribution in [3.8, 4) is 5.75 Å². The molecule has 0 fully saturated rings. The van der Waals surface area contributed by atoms with Gasteiger partial charge >= 0.3 is 6.18 Å². The number of nitrogens with one attached hydrogen (secondary N) is 1. The predicted octanol–water partition coefficient (Wildman–Crippen LogP) is 4.27. The lowest BCUT2D eigenvalue weighted by atomic mass is 10.0. The van der Waals surface area contributed by atoms with Gasteiger partial charge in [0.15, 0.2) is 0 Å². The average Bonchev–Trinajstić information content (AvgIpc) is 2.95. The lowest BCUT2D eigenvalue weighted by Gasteiger charge is -2.15. The van der Waals surface area contributed by atoms with E-state index in [0.717, 1.165) is 34.3 Å². The van der Waals surface area contributed by atoms with Gasteiger partial charge in [-0.25, -0.2) is 4.98 Å². The molecule has 29 heavy (non-hydrogen) atoms. The van der Waals surface area contributed by atoms with Crippen molar-refractivity contribution in [1.29, 1.82) is 0 Å². The molecule has 2 heterocycles. The Hall–Kier alpha value is -3.03. The van der Waals surface area contributed by atoms with Crippen LogP contribution in [0.5, 0.6) is 5.75 Å². The van der Waals surface area contributed by atoms with Crippen molar-refractivity contribution in [1.82, 2.24) is 14.9 Å². The van der Waals surface area contributed by atoms with E-state index in [1.807, 2.05) is 42.9 Å². The van der Waals surface area contributed by atoms with Crippen molar-refractivity contribution in [2.45, 2.75) is 32.5 Å². The zero-order chi connectivity index (χ0) is 21.3. The number of fused-ring (bicyclic) bond motifs is 1. The topological polar surface area (TPSA) is 56.1 Å². The van der Waals surface area contributed by atoms with Gasteiger partial charge in [0.05, 0.1) is 18.4 Å². The van der Waals surface area contributed by atoms with E-state index in [4.69, 9.17) is 4.74 Å². The lowest BCUT2D eigenvalue weighted by Crippen LogP contribution is -2.34. The van der Waals surface area contributed by atoms with Gasteiger partial charge in [0.25, 0.3) is 5.91 Å². The summed E-state index contributed by atoms with van der Waals surface area (Å²) in [5.41, 5.74) is 1.24. The Bertz CT molecular complexity index is 1060. The van der Waals surface area contributed by atoms with E-state index in [0.29, 0.717) is 6.42 Å². The van der Waals surface area contributed by atoms with Gasteiger partial charge in [0.2, 0.25) is 0 Å².